The Bertz CT molecular complexity index is 333. The number of hydrogen-bond acceptors (Lipinski definition) is 2. The van der Waals surface area contributed by atoms with E-state index in [1.807, 2.05) is 0 Å². The van der Waals surface area contributed by atoms with Gasteiger partial charge >= 0.3 is 0 Å². The molecule has 1 aromatic rings. The highest BCUT2D eigenvalue weighted by Gasteiger charge is 2.37. The molecule has 2 rings (SSSR count). The van der Waals surface area contributed by atoms with E-state index in [1.54, 1.807) is 0 Å². The minimum absolute atomic E-state index is 0.397. The Hall–Kier alpha value is 0.140. The zero-order valence-corrected chi connectivity index (χ0v) is 9.99. The van der Waals surface area contributed by atoms with Crippen molar-refractivity contribution in [1.29, 1.82) is 0 Å². The molecule has 0 bridgehead atoms. The summed E-state index contributed by atoms with van der Waals surface area (Å²) in [6.45, 7) is 2.16. The van der Waals surface area contributed by atoms with Crippen molar-refractivity contribution in [3.05, 3.63) is 20.6 Å². The molecular formula is C8H7BrCl2N2. The Morgan fingerprint density at radius 2 is 1.77 bits per heavy atom. The fourth-order valence-corrected chi connectivity index (χ4v) is 1.83. The van der Waals surface area contributed by atoms with Crippen molar-refractivity contribution >= 4 is 39.1 Å². The molecule has 0 radical (unpaired) electrons. The van der Waals surface area contributed by atoms with Gasteiger partial charge in [-0.3, -0.25) is 0 Å². The van der Waals surface area contributed by atoms with Crippen molar-refractivity contribution in [2.45, 2.75) is 19.3 Å². The van der Waals surface area contributed by atoms with E-state index in [0.29, 0.717) is 26.6 Å². The average Bonchev–Trinajstić information content (AvgIpc) is 2.77. The van der Waals surface area contributed by atoms with Gasteiger partial charge in [-0.1, -0.05) is 30.1 Å². The van der Waals surface area contributed by atoms with E-state index in [-0.39, 0.29) is 0 Å². The molecule has 0 amide bonds. The highest BCUT2D eigenvalue weighted by atomic mass is 79.9. The van der Waals surface area contributed by atoms with Gasteiger partial charge < -0.3 is 0 Å². The minimum atomic E-state index is 0.397. The normalized spacial score (nSPS) is 26.2. The SMILES string of the molecule is CC1CC1c1nc(Cl)c(Br)c(Cl)n1. The van der Waals surface area contributed by atoms with E-state index >= 15 is 0 Å². The molecule has 0 aromatic carbocycles. The van der Waals surface area contributed by atoms with Gasteiger partial charge in [0.1, 0.15) is 16.1 Å². The molecule has 2 unspecified atom stereocenters. The first kappa shape index (κ1) is 9.69. The average molecular weight is 282 g/mol. The molecule has 1 saturated carbocycles. The van der Waals surface area contributed by atoms with Crippen molar-refractivity contribution in [3.8, 4) is 0 Å². The highest BCUT2D eigenvalue weighted by Crippen LogP contribution is 2.46. The number of rotatable bonds is 1. The molecular weight excluding hydrogens is 275 g/mol. The summed E-state index contributed by atoms with van der Waals surface area (Å²) < 4.78 is 0.577. The van der Waals surface area contributed by atoms with Crippen LogP contribution in [0.2, 0.25) is 10.3 Å². The van der Waals surface area contributed by atoms with E-state index in [9.17, 15) is 0 Å². The van der Waals surface area contributed by atoms with Crippen LogP contribution in [-0.2, 0) is 0 Å². The Balaban J connectivity index is 2.39. The van der Waals surface area contributed by atoms with Gasteiger partial charge in [0, 0.05) is 5.92 Å². The lowest BCUT2D eigenvalue weighted by molar-refractivity contribution is 0.840. The predicted octanol–water partition coefficient (Wildman–Crippen LogP) is 3.67. The van der Waals surface area contributed by atoms with Gasteiger partial charge in [0.2, 0.25) is 0 Å². The summed E-state index contributed by atoms with van der Waals surface area (Å²) in [5.41, 5.74) is 0. The van der Waals surface area contributed by atoms with Crippen molar-refractivity contribution in [3.63, 3.8) is 0 Å². The second-order valence-electron chi connectivity index (χ2n) is 3.30. The zero-order valence-electron chi connectivity index (χ0n) is 6.89. The molecule has 1 aliphatic carbocycles. The summed E-state index contributed by atoms with van der Waals surface area (Å²) in [5, 5.41) is 0.795. The first-order chi connectivity index (χ1) is 6.09. The molecule has 0 spiro atoms. The number of hydrogen-bond donors (Lipinski definition) is 0. The maximum absolute atomic E-state index is 5.86. The van der Waals surface area contributed by atoms with Crippen LogP contribution in [0.1, 0.15) is 25.1 Å². The topological polar surface area (TPSA) is 25.8 Å². The van der Waals surface area contributed by atoms with Gasteiger partial charge in [0.25, 0.3) is 0 Å². The maximum atomic E-state index is 5.86. The lowest BCUT2D eigenvalue weighted by Crippen LogP contribution is -1.95. The third-order valence-electron chi connectivity index (χ3n) is 2.23. The van der Waals surface area contributed by atoms with E-state index in [1.165, 1.54) is 0 Å². The second kappa shape index (κ2) is 3.37. The Morgan fingerprint density at radius 1 is 1.31 bits per heavy atom. The van der Waals surface area contributed by atoms with Crippen LogP contribution in [0.3, 0.4) is 0 Å². The molecule has 2 atom stereocenters. The molecule has 5 heteroatoms. The second-order valence-corrected chi connectivity index (χ2v) is 4.81. The molecule has 1 fully saturated rings. The zero-order chi connectivity index (χ0) is 9.59. The molecule has 1 heterocycles. The Labute approximate surface area is 94.8 Å². The van der Waals surface area contributed by atoms with Gasteiger partial charge in [-0.25, -0.2) is 9.97 Å². The van der Waals surface area contributed by atoms with Gasteiger partial charge in [0.15, 0.2) is 0 Å². The highest BCUT2D eigenvalue weighted by molar-refractivity contribution is 9.10. The van der Waals surface area contributed by atoms with Crippen molar-refractivity contribution < 1.29 is 0 Å². The molecule has 13 heavy (non-hydrogen) atoms. The van der Waals surface area contributed by atoms with Gasteiger partial charge in [0.05, 0.1) is 4.47 Å². The molecule has 0 N–H and O–H groups in total. The standard InChI is InChI=1S/C8H7BrCl2N2/c1-3-2-4(3)8-12-6(10)5(9)7(11)13-8/h3-4H,2H2,1H3. The number of halogens is 3. The summed E-state index contributed by atoms with van der Waals surface area (Å²) in [6.07, 6.45) is 1.13. The molecule has 70 valence electrons. The van der Waals surface area contributed by atoms with Gasteiger partial charge in [-0.2, -0.15) is 0 Å². The van der Waals surface area contributed by atoms with Crippen LogP contribution in [0.5, 0.6) is 0 Å². The Morgan fingerprint density at radius 3 is 2.15 bits per heavy atom. The number of aromatic nitrogens is 2. The smallest absolute Gasteiger partial charge is 0.148 e. The van der Waals surface area contributed by atoms with Crippen molar-refractivity contribution in [2.75, 3.05) is 0 Å². The molecule has 1 aliphatic rings. The fraction of sp³-hybridized carbons (Fsp3) is 0.500. The predicted molar refractivity (Wildman–Crippen MR) is 56.3 cm³/mol. The third-order valence-corrected chi connectivity index (χ3v) is 3.98. The van der Waals surface area contributed by atoms with E-state index in [0.717, 1.165) is 12.2 Å². The van der Waals surface area contributed by atoms with Gasteiger partial charge in [-0.15, -0.1) is 0 Å². The summed E-state index contributed by atoms with van der Waals surface area (Å²) in [5.74, 6) is 1.88. The van der Waals surface area contributed by atoms with E-state index in [2.05, 4.69) is 32.8 Å². The Kier molecular flexibility index (Phi) is 2.51. The van der Waals surface area contributed by atoms with Crippen LogP contribution in [0, 0.1) is 5.92 Å². The monoisotopic (exact) mass is 280 g/mol. The van der Waals surface area contributed by atoms with Crippen LogP contribution in [0.4, 0.5) is 0 Å². The van der Waals surface area contributed by atoms with Crippen LogP contribution in [0.25, 0.3) is 0 Å². The van der Waals surface area contributed by atoms with Crippen LogP contribution >= 0.6 is 39.1 Å². The lowest BCUT2D eigenvalue weighted by atomic mass is 10.3. The largest absolute Gasteiger partial charge is 0.220 e. The third kappa shape index (κ3) is 1.83. The first-order valence-electron chi connectivity index (χ1n) is 3.98. The molecule has 2 nitrogen and oxygen atoms in total. The minimum Gasteiger partial charge on any atom is -0.220 e. The molecule has 0 aliphatic heterocycles. The van der Waals surface area contributed by atoms with Gasteiger partial charge in [-0.05, 0) is 28.3 Å². The summed E-state index contributed by atoms with van der Waals surface area (Å²) >= 11 is 14.9. The van der Waals surface area contributed by atoms with E-state index in [4.69, 9.17) is 23.2 Å². The maximum Gasteiger partial charge on any atom is 0.148 e. The number of nitrogens with zero attached hydrogens (tertiary/aromatic N) is 2. The fourth-order valence-electron chi connectivity index (χ4n) is 1.26. The van der Waals surface area contributed by atoms with Crippen molar-refractivity contribution in [1.82, 2.24) is 9.97 Å². The first-order valence-corrected chi connectivity index (χ1v) is 5.53. The molecule has 0 saturated heterocycles. The summed E-state index contributed by atoms with van der Waals surface area (Å²) in [6, 6.07) is 0. The summed E-state index contributed by atoms with van der Waals surface area (Å²) in [4.78, 5) is 8.34. The molecule has 1 aromatic heterocycles. The van der Waals surface area contributed by atoms with E-state index < -0.39 is 0 Å². The van der Waals surface area contributed by atoms with Crippen LogP contribution in [0.15, 0.2) is 4.47 Å². The van der Waals surface area contributed by atoms with Crippen molar-refractivity contribution in [2.24, 2.45) is 5.92 Å². The summed E-state index contributed by atoms with van der Waals surface area (Å²) in [7, 11) is 0. The lowest BCUT2D eigenvalue weighted by Gasteiger charge is -2.01. The quantitative estimate of drug-likeness (QED) is 0.734. The van der Waals surface area contributed by atoms with Crippen LogP contribution in [-0.4, -0.2) is 9.97 Å². The van der Waals surface area contributed by atoms with Crippen LogP contribution < -0.4 is 0 Å².